The molecule has 1 aliphatic rings. The van der Waals surface area contributed by atoms with Crippen molar-refractivity contribution in [2.75, 3.05) is 0 Å². The first kappa shape index (κ1) is 18.6. The Morgan fingerprint density at radius 1 is 0.966 bits per heavy atom. The third-order valence-electron chi connectivity index (χ3n) is 4.23. The molecule has 0 atom stereocenters. The number of halogens is 2. The molecule has 0 aliphatic carbocycles. The van der Waals surface area contributed by atoms with Crippen molar-refractivity contribution in [2.24, 2.45) is 4.99 Å². The highest BCUT2D eigenvalue weighted by Gasteiger charge is 2.24. The summed E-state index contributed by atoms with van der Waals surface area (Å²) in [6.45, 7) is 0.0849. The number of carbonyl (C=O) groups is 1. The first-order valence-electron chi connectivity index (χ1n) is 8.83. The van der Waals surface area contributed by atoms with Crippen LogP contribution in [0.25, 0.3) is 6.08 Å². The number of ether oxygens (including phenoxy) is 2. The van der Waals surface area contributed by atoms with E-state index < -0.39 is 5.97 Å². The molecule has 0 amide bonds. The lowest BCUT2D eigenvalue weighted by Crippen LogP contribution is -2.05. The molecule has 3 aromatic rings. The normalized spacial score (nSPS) is 14.6. The lowest BCUT2D eigenvalue weighted by atomic mass is 10.2. The molecule has 0 fully saturated rings. The first-order valence-corrected chi connectivity index (χ1v) is 8.83. The van der Waals surface area contributed by atoms with Crippen LogP contribution in [0.5, 0.6) is 5.75 Å². The van der Waals surface area contributed by atoms with E-state index in [1.807, 2.05) is 0 Å². The summed E-state index contributed by atoms with van der Waals surface area (Å²) in [6, 6.07) is 18.9. The lowest BCUT2D eigenvalue weighted by molar-refractivity contribution is -0.129. The van der Waals surface area contributed by atoms with Crippen LogP contribution in [0.4, 0.5) is 8.78 Å². The number of aliphatic imine (C=N–C) groups is 1. The highest BCUT2D eigenvalue weighted by Crippen LogP contribution is 2.22. The standard InChI is InChI=1S/C23H15F2NO3/c24-18-10-8-16(9-11-18)22-26-21(23(27)29-22)13-15-4-3-6-19(12-15)28-14-17-5-1-2-7-20(17)25/h1-13H,14H2/b21-13+. The van der Waals surface area contributed by atoms with Gasteiger partial charge in [0.25, 0.3) is 0 Å². The molecule has 0 radical (unpaired) electrons. The van der Waals surface area contributed by atoms with Crippen LogP contribution < -0.4 is 4.74 Å². The summed E-state index contributed by atoms with van der Waals surface area (Å²) in [5.74, 6) is -0.671. The first-order chi connectivity index (χ1) is 14.1. The Hall–Kier alpha value is -3.80. The quantitative estimate of drug-likeness (QED) is 0.460. The van der Waals surface area contributed by atoms with E-state index in [9.17, 15) is 13.6 Å². The molecule has 0 unspecified atom stereocenters. The number of hydrogen-bond donors (Lipinski definition) is 0. The van der Waals surface area contributed by atoms with Gasteiger partial charge in [-0.3, -0.25) is 0 Å². The van der Waals surface area contributed by atoms with Crippen LogP contribution in [-0.4, -0.2) is 11.9 Å². The summed E-state index contributed by atoms with van der Waals surface area (Å²) >= 11 is 0. The largest absolute Gasteiger partial charge is 0.489 e. The van der Waals surface area contributed by atoms with E-state index in [4.69, 9.17) is 9.47 Å². The molecule has 0 N–H and O–H groups in total. The minimum absolute atomic E-state index is 0.0849. The molecule has 4 rings (SSSR count). The fourth-order valence-electron chi connectivity index (χ4n) is 2.75. The average Bonchev–Trinajstić information content (AvgIpc) is 3.08. The summed E-state index contributed by atoms with van der Waals surface area (Å²) in [6.07, 6.45) is 1.56. The zero-order chi connectivity index (χ0) is 20.2. The predicted molar refractivity (Wildman–Crippen MR) is 104 cm³/mol. The molecule has 29 heavy (non-hydrogen) atoms. The topological polar surface area (TPSA) is 47.9 Å². The Kier molecular flexibility index (Phi) is 5.16. The monoisotopic (exact) mass is 391 g/mol. The molecule has 1 aliphatic heterocycles. The van der Waals surface area contributed by atoms with Gasteiger partial charge in [0.05, 0.1) is 0 Å². The van der Waals surface area contributed by atoms with Crippen molar-refractivity contribution in [3.63, 3.8) is 0 Å². The van der Waals surface area contributed by atoms with Crippen molar-refractivity contribution in [1.82, 2.24) is 0 Å². The molecule has 0 saturated heterocycles. The Balaban J connectivity index is 1.52. The maximum Gasteiger partial charge on any atom is 0.363 e. The van der Waals surface area contributed by atoms with Gasteiger partial charge in [0.1, 0.15) is 24.0 Å². The predicted octanol–water partition coefficient (Wildman–Crippen LogP) is 4.89. The minimum atomic E-state index is -0.595. The van der Waals surface area contributed by atoms with Crippen molar-refractivity contribution in [3.05, 3.63) is 107 Å². The van der Waals surface area contributed by atoms with Crippen molar-refractivity contribution in [1.29, 1.82) is 0 Å². The van der Waals surface area contributed by atoms with Gasteiger partial charge in [0.2, 0.25) is 5.90 Å². The summed E-state index contributed by atoms with van der Waals surface area (Å²) < 4.78 is 37.6. The molecule has 144 valence electrons. The average molecular weight is 391 g/mol. The van der Waals surface area contributed by atoms with E-state index in [1.54, 1.807) is 48.5 Å². The molecule has 0 spiro atoms. The molecule has 3 aromatic carbocycles. The number of carbonyl (C=O) groups excluding carboxylic acids is 1. The van der Waals surface area contributed by atoms with E-state index in [0.717, 1.165) is 0 Å². The van der Waals surface area contributed by atoms with Crippen molar-refractivity contribution >= 4 is 17.9 Å². The Morgan fingerprint density at radius 2 is 1.76 bits per heavy atom. The molecule has 6 heteroatoms. The highest BCUT2D eigenvalue weighted by molar-refractivity contribution is 6.12. The van der Waals surface area contributed by atoms with Crippen molar-refractivity contribution < 1.29 is 23.0 Å². The van der Waals surface area contributed by atoms with Crippen LogP contribution in [0.15, 0.2) is 83.5 Å². The summed E-state index contributed by atoms with van der Waals surface area (Å²) in [5.41, 5.74) is 1.75. The lowest BCUT2D eigenvalue weighted by Gasteiger charge is -2.07. The highest BCUT2D eigenvalue weighted by atomic mass is 19.1. The van der Waals surface area contributed by atoms with Crippen LogP contribution in [-0.2, 0) is 16.1 Å². The third kappa shape index (κ3) is 4.38. The van der Waals surface area contributed by atoms with Crippen LogP contribution >= 0.6 is 0 Å². The van der Waals surface area contributed by atoms with Crippen LogP contribution in [0.1, 0.15) is 16.7 Å². The smallest absolute Gasteiger partial charge is 0.363 e. The maximum atomic E-state index is 13.7. The molecule has 4 nitrogen and oxygen atoms in total. The van der Waals surface area contributed by atoms with Gasteiger partial charge in [0.15, 0.2) is 5.70 Å². The number of cyclic esters (lactones) is 1. The van der Waals surface area contributed by atoms with E-state index in [-0.39, 0.29) is 29.8 Å². The zero-order valence-corrected chi connectivity index (χ0v) is 15.1. The van der Waals surface area contributed by atoms with Gasteiger partial charge < -0.3 is 9.47 Å². The number of rotatable bonds is 5. The fraction of sp³-hybridized carbons (Fsp3) is 0.0435. The maximum absolute atomic E-state index is 13.7. The van der Waals surface area contributed by atoms with E-state index >= 15 is 0 Å². The Morgan fingerprint density at radius 3 is 2.55 bits per heavy atom. The summed E-state index contributed by atoms with van der Waals surface area (Å²) in [4.78, 5) is 16.3. The summed E-state index contributed by atoms with van der Waals surface area (Å²) in [7, 11) is 0. The second-order valence-electron chi connectivity index (χ2n) is 6.30. The molecule has 0 saturated carbocycles. The molecule has 0 bridgehead atoms. The number of benzene rings is 3. The molecular formula is C23H15F2NO3. The van der Waals surface area contributed by atoms with Crippen LogP contribution in [0, 0.1) is 11.6 Å². The van der Waals surface area contributed by atoms with Gasteiger partial charge in [-0.1, -0.05) is 30.3 Å². The van der Waals surface area contributed by atoms with E-state index in [0.29, 0.717) is 22.4 Å². The van der Waals surface area contributed by atoms with E-state index in [2.05, 4.69) is 4.99 Å². The number of nitrogens with zero attached hydrogens (tertiary/aromatic N) is 1. The minimum Gasteiger partial charge on any atom is -0.489 e. The van der Waals surface area contributed by atoms with E-state index in [1.165, 1.54) is 30.3 Å². The Bertz CT molecular complexity index is 1120. The fourth-order valence-corrected chi connectivity index (χ4v) is 2.75. The second-order valence-corrected chi connectivity index (χ2v) is 6.30. The van der Waals surface area contributed by atoms with Gasteiger partial charge in [-0.2, -0.15) is 0 Å². The number of hydrogen-bond acceptors (Lipinski definition) is 4. The summed E-state index contributed by atoms with van der Waals surface area (Å²) in [5, 5.41) is 0. The van der Waals surface area contributed by atoms with Crippen molar-refractivity contribution in [2.45, 2.75) is 6.61 Å². The zero-order valence-electron chi connectivity index (χ0n) is 15.1. The third-order valence-corrected chi connectivity index (χ3v) is 4.23. The molecule has 0 aromatic heterocycles. The van der Waals surface area contributed by atoms with Crippen molar-refractivity contribution in [3.8, 4) is 5.75 Å². The van der Waals surface area contributed by atoms with Gasteiger partial charge in [-0.15, -0.1) is 0 Å². The Labute approximate surface area is 165 Å². The van der Waals surface area contributed by atoms with Gasteiger partial charge in [-0.05, 0) is 54.1 Å². The molecular weight excluding hydrogens is 376 g/mol. The van der Waals surface area contributed by atoms with Crippen LogP contribution in [0.2, 0.25) is 0 Å². The number of esters is 1. The van der Waals surface area contributed by atoms with Gasteiger partial charge in [0, 0.05) is 11.1 Å². The van der Waals surface area contributed by atoms with Gasteiger partial charge in [-0.25, -0.2) is 18.6 Å². The van der Waals surface area contributed by atoms with Crippen LogP contribution in [0.3, 0.4) is 0 Å². The SMILES string of the molecule is O=C1OC(c2ccc(F)cc2)=N/C1=C/c1cccc(OCc2ccccc2F)c1. The van der Waals surface area contributed by atoms with Gasteiger partial charge >= 0.3 is 5.97 Å². The second kappa shape index (κ2) is 8.06. The molecule has 1 heterocycles.